The van der Waals surface area contributed by atoms with Crippen LogP contribution < -0.4 is 9.47 Å². The van der Waals surface area contributed by atoms with E-state index in [0.29, 0.717) is 17.9 Å². The number of hydrogen-bond donors (Lipinski definition) is 2. The molecule has 1 aliphatic rings. The van der Waals surface area contributed by atoms with Gasteiger partial charge in [0.2, 0.25) is 0 Å². The van der Waals surface area contributed by atoms with E-state index in [4.69, 9.17) is 9.47 Å². The van der Waals surface area contributed by atoms with Gasteiger partial charge in [-0.25, -0.2) is 0 Å². The lowest BCUT2D eigenvalue weighted by atomic mass is 9.82. The Kier molecular flexibility index (Phi) is 6.48. The molecule has 0 saturated heterocycles. The Morgan fingerprint density at radius 1 is 1.09 bits per heavy atom. The second-order valence-electron chi connectivity index (χ2n) is 8.69. The van der Waals surface area contributed by atoms with E-state index in [1.807, 2.05) is 12.1 Å². The van der Waals surface area contributed by atoms with E-state index in [9.17, 15) is 19.8 Å². The number of nitrogens with zero attached hydrogens (tertiary/aromatic N) is 1. The highest BCUT2D eigenvalue weighted by Crippen LogP contribution is 2.43. The number of amides is 1. The van der Waals surface area contributed by atoms with Crippen molar-refractivity contribution in [3.05, 3.63) is 64.9 Å². The second kappa shape index (κ2) is 8.94. The molecule has 1 atom stereocenters. The number of benzene rings is 2. The van der Waals surface area contributed by atoms with Gasteiger partial charge in [-0.2, -0.15) is 0 Å². The number of aliphatic hydroxyl groups excluding tert-OH is 1. The number of phenolic OH excluding ortho intramolecular Hbond substituents is 1. The maximum Gasteiger partial charge on any atom is 0.290 e. The number of carbonyl (C=O) groups excluding carboxylic acids is 2. The molecule has 1 aliphatic heterocycles. The van der Waals surface area contributed by atoms with Gasteiger partial charge < -0.3 is 24.6 Å². The van der Waals surface area contributed by atoms with Gasteiger partial charge in [0.05, 0.1) is 25.3 Å². The van der Waals surface area contributed by atoms with Gasteiger partial charge >= 0.3 is 0 Å². The monoisotopic (exact) mass is 439 g/mol. The summed E-state index contributed by atoms with van der Waals surface area (Å²) in [5.41, 5.74) is 0.608. The maximum absolute atomic E-state index is 13.3. The van der Waals surface area contributed by atoms with Crippen LogP contribution in [-0.4, -0.2) is 40.5 Å². The average molecular weight is 440 g/mol. The van der Waals surface area contributed by atoms with E-state index in [-0.39, 0.29) is 29.4 Å². The molecule has 2 aromatic carbocycles. The third-order valence-electron chi connectivity index (χ3n) is 5.34. The van der Waals surface area contributed by atoms with Crippen LogP contribution in [0.3, 0.4) is 0 Å². The molecule has 1 heterocycles. The molecule has 1 unspecified atom stereocenters. The summed E-state index contributed by atoms with van der Waals surface area (Å²) in [6.07, 6.45) is 0. The Labute approximate surface area is 187 Å². The van der Waals surface area contributed by atoms with Crippen LogP contribution in [0.2, 0.25) is 0 Å². The zero-order chi connectivity index (χ0) is 23.6. The molecular weight excluding hydrogens is 410 g/mol. The highest BCUT2D eigenvalue weighted by atomic mass is 16.5. The number of aromatic hydroxyl groups is 1. The van der Waals surface area contributed by atoms with Gasteiger partial charge in [0.1, 0.15) is 5.75 Å². The topological polar surface area (TPSA) is 96.3 Å². The van der Waals surface area contributed by atoms with Gasteiger partial charge in [0.15, 0.2) is 23.0 Å². The van der Waals surface area contributed by atoms with Crippen LogP contribution in [0, 0.1) is 5.41 Å². The molecule has 2 N–H and O–H groups in total. The van der Waals surface area contributed by atoms with E-state index in [0.717, 1.165) is 5.56 Å². The van der Waals surface area contributed by atoms with Crippen LogP contribution in [0.25, 0.3) is 0 Å². The summed E-state index contributed by atoms with van der Waals surface area (Å²) >= 11 is 0. The van der Waals surface area contributed by atoms with E-state index in [2.05, 4.69) is 0 Å². The Bertz CT molecular complexity index is 1050. The van der Waals surface area contributed by atoms with Crippen LogP contribution in [0.15, 0.2) is 53.8 Å². The van der Waals surface area contributed by atoms with Gasteiger partial charge in [-0.05, 0) is 42.3 Å². The van der Waals surface area contributed by atoms with Crippen molar-refractivity contribution in [1.82, 2.24) is 4.90 Å². The van der Waals surface area contributed by atoms with Crippen molar-refractivity contribution < 1.29 is 29.3 Å². The zero-order valence-electron chi connectivity index (χ0n) is 19.0. The molecule has 0 radical (unpaired) electrons. The fraction of sp³-hybridized carbons (Fsp3) is 0.360. The highest BCUT2D eigenvalue weighted by Gasteiger charge is 2.46. The lowest BCUT2D eigenvalue weighted by Gasteiger charge is -2.29. The fourth-order valence-corrected chi connectivity index (χ4v) is 3.70. The molecular formula is C25H29NO6. The average Bonchev–Trinajstić information content (AvgIpc) is 2.99. The summed E-state index contributed by atoms with van der Waals surface area (Å²) in [7, 11) is 1.57. The fourth-order valence-electron chi connectivity index (χ4n) is 3.70. The van der Waals surface area contributed by atoms with Crippen LogP contribution in [0.5, 0.6) is 17.2 Å². The molecule has 0 aliphatic carbocycles. The van der Waals surface area contributed by atoms with Crippen molar-refractivity contribution in [3.63, 3.8) is 0 Å². The first kappa shape index (κ1) is 23.2. The Hall–Kier alpha value is -3.48. The van der Waals surface area contributed by atoms with Gasteiger partial charge in [-0.15, -0.1) is 0 Å². The summed E-state index contributed by atoms with van der Waals surface area (Å²) in [5, 5.41) is 20.9. The lowest BCUT2D eigenvalue weighted by Crippen LogP contribution is -2.32. The smallest absolute Gasteiger partial charge is 0.290 e. The summed E-state index contributed by atoms with van der Waals surface area (Å²) in [6, 6.07) is 11.1. The van der Waals surface area contributed by atoms with Crippen molar-refractivity contribution in [2.45, 2.75) is 40.3 Å². The molecule has 7 nitrogen and oxygen atoms in total. The number of hydrogen-bond acceptors (Lipinski definition) is 6. The second-order valence-corrected chi connectivity index (χ2v) is 8.69. The number of ketones is 1. The van der Waals surface area contributed by atoms with Gasteiger partial charge in [0.25, 0.3) is 5.91 Å². The van der Waals surface area contributed by atoms with Crippen molar-refractivity contribution in [2.24, 2.45) is 5.41 Å². The third-order valence-corrected chi connectivity index (χ3v) is 5.34. The van der Waals surface area contributed by atoms with Gasteiger partial charge in [0, 0.05) is 12.0 Å². The molecule has 0 aromatic heterocycles. The minimum atomic E-state index is -0.823. The van der Waals surface area contributed by atoms with E-state index in [1.165, 1.54) is 11.0 Å². The molecule has 7 heteroatoms. The van der Waals surface area contributed by atoms with Crippen molar-refractivity contribution in [3.8, 4) is 17.2 Å². The number of aliphatic hydroxyl groups is 1. The first-order valence-corrected chi connectivity index (χ1v) is 10.5. The summed E-state index contributed by atoms with van der Waals surface area (Å²) < 4.78 is 10.7. The molecule has 0 bridgehead atoms. The highest BCUT2D eigenvalue weighted by molar-refractivity contribution is 6.10. The van der Waals surface area contributed by atoms with Crippen molar-refractivity contribution in [1.29, 1.82) is 0 Å². The van der Waals surface area contributed by atoms with Gasteiger partial charge in [-0.3, -0.25) is 9.59 Å². The molecule has 170 valence electrons. The largest absolute Gasteiger partial charge is 0.504 e. The molecule has 0 saturated carbocycles. The number of Topliss-reactive ketones (excluding diaryl/α,β-unsaturated/α-hetero) is 1. The molecule has 2 aromatic rings. The lowest BCUT2D eigenvalue weighted by molar-refractivity contribution is -0.130. The summed E-state index contributed by atoms with van der Waals surface area (Å²) in [5.74, 6) is -0.604. The predicted molar refractivity (Wildman–Crippen MR) is 120 cm³/mol. The van der Waals surface area contributed by atoms with Crippen LogP contribution in [0.4, 0.5) is 0 Å². The minimum Gasteiger partial charge on any atom is -0.504 e. The number of phenols is 1. The van der Waals surface area contributed by atoms with E-state index in [1.54, 1.807) is 59.1 Å². The Morgan fingerprint density at radius 3 is 2.31 bits per heavy atom. The first-order chi connectivity index (χ1) is 15.1. The third kappa shape index (κ3) is 4.42. The number of rotatable bonds is 7. The molecule has 3 rings (SSSR count). The quantitative estimate of drug-likeness (QED) is 0.667. The minimum absolute atomic E-state index is 0.0430. The Balaban J connectivity index is 2.10. The SMILES string of the molecule is CCOc1cc(C2C(C(=O)C(C)(C)C)=C(O)C(=O)N2Cc2ccc(OC)cc2)ccc1O. The maximum atomic E-state index is 13.3. The normalized spacial score (nSPS) is 16.5. The summed E-state index contributed by atoms with van der Waals surface area (Å²) in [4.78, 5) is 27.8. The van der Waals surface area contributed by atoms with Crippen LogP contribution in [0.1, 0.15) is 44.9 Å². The predicted octanol–water partition coefficient (Wildman–Crippen LogP) is 4.31. The van der Waals surface area contributed by atoms with Crippen LogP contribution in [-0.2, 0) is 16.1 Å². The Morgan fingerprint density at radius 2 is 1.75 bits per heavy atom. The van der Waals surface area contributed by atoms with E-state index >= 15 is 0 Å². The first-order valence-electron chi connectivity index (χ1n) is 10.5. The molecule has 1 amide bonds. The van der Waals surface area contributed by atoms with Gasteiger partial charge in [-0.1, -0.05) is 39.0 Å². The van der Waals surface area contributed by atoms with Crippen molar-refractivity contribution >= 4 is 11.7 Å². The number of carbonyl (C=O) groups is 2. The zero-order valence-corrected chi connectivity index (χ0v) is 19.0. The standard InChI is InChI=1S/C25H29NO6/c1-6-32-19-13-16(9-12-18(19)27)21-20(23(29)25(2,3)4)22(28)24(30)26(21)14-15-7-10-17(31-5)11-8-15/h7-13,21,27-28H,6,14H2,1-5H3. The molecule has 32 heavy (non-hydrogen) atoms. The van der Waals surface area contributed by atoms with E-state index < -0.39 is 23.1 Å². The van der Waals surface area contributed by atoms with Crippen molar-refractivity contribution in [2.75, 3.05) is 13.7 Å². The summed E-state index contributed by atoms with van der Waals surface area (Å²) in [6.45, 7) is 7.53. The number of ether oxygens (including phenoxy) is 2. The molecule has 0 fully saturated rings. The van der Waals surface area contributed by atoms with Crippen LogP contribution >= 0.6 is 0 Å². The number of methoxy groups -OCH3 is 1. The molecule has 0 spiro atoms.